The number of nitrogens with one attached hydrogen (secondary N) is 1. The van der Waals surface area contributed by atoms with Crippen molar-refractivity contribution in [2.75, 3.05) is 0 Å². The average molecular weight is 399 g/mol. The molecule has 1 fully saturated rings. The third-order valence-corrected chi connectivity index (χ3v) is 5.20. The maximum Gasteiger partial charge on any atom is 0.219 e. The lowest BCUT2D eigenvalue weighted by Crippen LogP contribution is -2.35. The first-order chi connectivity index (χ1) is 13.7. The van der Waals surface area contributed by atoms with E-state index in [9.17, 15) is 5.11 Å². The third-order valence-electron chi connectivity index (χ3n) is 5.00. The Morgan fingerprint density at radius 2 is 2.14 bits per heavy atom. The van der Waals surface area contributed by atoms with E-state index in [1.807, 2.05) is 53.3 Å². The summed E-state index contributed by atoms with van der Waals surface area (Å²) < 4.78 is 7.64. The Labute approximate surface area is 169 Å². The molecule has 1 saturated carbocycles. The van der Waals surface area contributed by atoms with Gasteiger partial charge in [-0.1, -0.05) is 29.8 Å². The molecular formula is C21H23ClN4O2. The molecule has 0 spiro atoms. The Kier molecular flexibility index (Phi) is 5.90. The number of hydrogen-bond acceptors (Lipinski definition) is 5. The highest BCUT2D eigenvalue weighted by Gasteiger charge is 2.32. The molecule has 1 aliphatic rings. The van der Waals surface area contributed by atoms with Gasteiger partial charge in [-0.05, 0) is 42.5 Å². The monoisotopic (exact) mass is 398 g/mol. The van der Waals surface area contributed by atoms with Gasteiger partial charge in [0.2, 0.25) is 5.88 Å². The smallest absolute Gasteiger partial charge is 0.219 e. The maximum atomic E-state index is 10.4. The number of aromatic nitrogens is 3. The van der Waals surface area contributed by atoms with E-state index in [4.69, 9.17) is 16.3 Å². The van der Waals surface area contributed by atoms with Crippen LogP contribution in [0.1, 0.15) is 18.4 Å². The van der Waals surface area contributed by atoms with Crippen molar-refractivity contribution in [1.29, 1.82) is 0 Å². The van der Waals surface area contributed by atoms with Crippen LogP contribution in [0.4, 0.5) is 0 Å². The largest absolute Gasteiger partial charge is 0.439 e. The van der Waals surface area contributed by atoms with Gasteiger partial charge in [0.1, 0.15) is 5.75 Å². The van der Waals surface area contributed by atoms with Gasteiger partial charge in [-0.25, -0.2) is 4.98 Å². The summed E-state index contributed by atoms with van der Waals surface area (Å²) in [6, 6.07) is 13.5. The lowest BCUT2D eigenvalue weighted by atomic mass is 10.1. The van der Waals surface area contributed by atoms with E-state index in [1.165, 1.54) is 0 Å². The summed E-state index contributed by atoms with van der Waals surface area (Å²) in [5.74, 6) is 1.70. The molecule has 4 rings (SSSR count). The number of hydrogen-bond donors (Lipinski definition) is 2. The van der Waals surface area contributed by atoms with Crippen molar-refractivity contribution in [3.63, 3.8) is 0 Å². The molecule has 6 nitrogen and oxygen atoms in total. The fraction of sp³-hybridized carbons (Fsp3) is 0.333. The van der Waals surface area contributed by atoms with Crippen molar-refractivity contribution in [3.8, 4) is 11.6 Å². The first-order valence-corrected chi connectivity index (χ1v) is 9.81. The molecule has 0 amide bonds. The quantitative estimate of drug-likeness (QED) is 0.635. The fourth-order valence-corrected chi connectivity index (χ4v) is 3.84. The van der Waals surface area contributed by atoms with E-state index in [0.717, 1.165) is 30.7 Å². The van der Waals surface area contributed by atoms with Crippen LogP contribution in [-0.4, -0.2) is 32.0 Å². The Bertz CT molecular complexity index is 902. The second kappa shape index (κ2) is 8.73. The first kappa shape index (κ1) is 18.9. The molecule has 0 radical (unpaired) electrons. The van der Waals surface area contributed by atoms with Crippen molar-refractivity contribution < 1.29 is 9.84 Å². The molecule has 0 aliphatic heterocycles. The van der Waals surface area contributed by atoms with Crippen molar-refractivity contribution >= 4 is 11.6 Å². The molecule has 146 valence electrons. The SMILES string of the molecule is O[C@@H]1CC(Cn2cc(Cl)cn2)C[C@H]1NCc1cccc(Oc2ccccn2)c1. The van der Waals surface area contributed by atoms with Crippen LogP contribution >= 0.6 is 11.6 Å². The van der Waals surface area contributed by atoms with Gasteiger partial charge in [0.15, 0.2) is 0 Å². The van der Waals surface area contributed by atoms with Gasteiger partial charge >= 0.3 is 0 Å². The third kappa shape index (κ3) is 4.90. The van der Waals surface area contributed by atoms with Crippen LogP contribution in [0, 0.1) is 5.92 Å². The number of aliphatic hydroxyl groups is 1. The Morgan fingerprint density at radius 3 is 2.93 bits per heavy atom. The Hall–Kier alpha value is -2.41. The molecule has 7 heteroatoms. The molecule has 1 aromatic carbocycles. The number of aliphatic hydroxyl groups excluding tert-OH is 1. The zero-order valence-electron chi connectivity index (χ0n) is 15.4. The number of benzene rings is 1. The van der Waals surface area contributed by atoms with E-state index in [2.05, 4.69) is 15.4 Å². The van der Waals surface area contributed by atoms with Crippen molar-refractivity contribution in [2.45, 2.75) is 38.1 Å². The van der Waals surface area contributed by atoms with Crippen LogP contribution in [0.2, 0.25) is 5.02 Å². The topological polar surface area (TPSA) is 72.2 Å². The van der Waals surface area contributed by atoms with Gasteiger partial charge in [0.05, 0.1) is 17.3 Å². The molecule has 2 heterocycles. The van der Waals surface area contributed by atoms with Crippen molar-refractivity contribution in [2.24, 2.45) is 5.92 Å². The Morgan fingerprint density at radius 1 is 1.21 bits per heavy atom. The summed E-state index contributed by atoms with van der Waals surface area (Å²) in [5.41, 5.74) is 1.10. The fourth-order valence-electron chi connectivity index (χ4n) is 3.69. The number of pyridine rings is 1. The van der Waals surface area contributed by atoms with E-state index >= 15 is 0 Å². The van der Waals surface area contributed by atoms with Gasteiger partial charge < -0.3 is 15.2 Å². The van der Waals surface area contributed by atoms with Gasteiger partial charge in [0.25, 0.3) is 0 Å². The second-order valence-electron chi connectivity index (χ2n) is 7.19. The van der Waals surface area contributed by atoms with Crippen LogP contribution in [0.3, 0.4) is 0 Å². The van der Waals surface area contributed by atoms with Gasteiger partial charge in [-0.3, -0.25) is 4.68 Å². The van der Waals surface area contributed by atoms with Crippen LogP contribution in [0.25, 0.3) is 0 Å². The van der Waals surface area contributed by atoms with Crippen molar-refractivity contribution in [3.05, 3.63) is 71.6 Å². The lowest BCUT2D eigenvalue weighted by molar-refractivity contribution is 0.145. The minimum absolute atomic E-state index is 0.0661. The normalized spacial score (nSPS) is 21.7. The van der Waals surface area contributed by atoms with Gasteiger partial charge in [0, 0.05) is 37.6 Å². The summed E-state index contributed by atoms with van der Waals surface area (Å²) in [4.78, 5) is 4.18. The molecule has 1 unspecified atom stereocenters. The number of ether oxygens (including phenoxy) is 1. The summed E-state index contributed by atoms with van der Waals surface area (Å²) in [5, 5.41) is 18.8. The van der Waals surface area contributed by atoms with E-state index in [-0.39, 0.29) is 12.1 Å². The Balaban J connectivity index is 1.31. The second-order valence-corrected chi connectivity index (χ2v) is 7.63. The minimum Gasteiger partial charge on any atom is -0.439 e. The van der Waals surface area contributed by atoms with Crippen LogP contribution in [0.15, 0.2) is 61.1 Å². The summed E-state index contributed by atoms with van der Waals surface area (Å²) in [6.07, 6.45) is 6.48. The molecule has 1 aliphatic carbocycles. The van der Waals surface area contributed by atoms with Crippen LogP contribution in [0.5, 0.6) is 11.6 Å². The predicted octanol–water partition coefficient (Wildman–Crippen LogP) is 3.65. The van der Waals surface area contributed by atoms with E-state index < -0.39 is 0 Å². The molecule has 3 atom stereocenters. The lowest BCUT2D eigenvalue weighted by Gasteiger charge is -2.17. The highest BCUT2D eigenvalue weighted by Crippen LogP contribution is 2.28. The van der Waals surface area contributed by atoms with Crippen molar-refractivity contribution in [1.82, 2.24) is 20.1 Å². The molecule has 3 aromatic rings. The minimum atomic E-state index is -0.357. The highest BCUT2D eigenvalue weighted by atomic mass is 35.5. The summed E-state index contributed by atoms with van der Waals surface area (Å²) in [6.45, 7) is 1.44. The molecule has 0 saturated heterocycles. The summed E-state index contributed by atoms with van der Waals surface area (Å²) >= 11 is 5.93. The highest BCUT2D eigenvalue weighted by molar-refractivity contribution is 6.30. The standard InChI is InChI=1S/C21H23ClN4O2/c22-17-12-25-26(14-17)13-16-9-19(20(27)10-16)24-11-15-4-3-5-18(8-15)28-21-6-1-2-7-23-21/h1-8,12,14,16,19-20,24,27H,9-11,13H2/t16?,19-,20-/m1/s1. The maximum absolute atomic E-state index is 10.4. The first-order valence-electron chi connectivity index (χ1n) is 9.43. The predicted molar refractivity (Wildman–Crippen MR) is 107 cm³/mol. The molecule has 0 bridgehead atoms. The zero-order chi connectivity index (χ0) is 19.3. The van der Waals surface area contributed by atoms with Crippen LogP contribution < -0.4 is 10.1 Å². The number of rotatable bonds is 7. The zero-order valence-corrected chi connectivity index (χ0v) is 16.2. The molecular weight excluding hydrogens is 376 g/mol. The van der Waals surface area contributed by atoms with E-state index in [1.54, 1.807) is 12.4 Å². The van der Waals surface area contributed by atoms with Gasteiger partial charge in [-0.15, -0.1) is 0 Å². The molecule has 28 heavy (non-hydrogen) atoms. The van der Waals surface area contributed by atoms with Crippen LogP contribution in [-0.2, 0) is 13.1 Å². The summed E-state index contributed by atoms with van der Waals surface area (Å²) in [7, 11) is 0. The van der Waals surface area contributed by atoms with Gasteiger partial charge in [-0.2, -0.15) is 5.10 Å². The average Bonchev–Trinajstić information content (AvgIpc) is 3.26. The molecule has 2 N–H and O–H groups in total. The number of nitrogens with zero attached hydrogens (tertiary/aromatic N) is 3. The molecule has 2 aromatic heterocycles. The number of halogens is 1. The van der Waals surface area contributed by atoms with E-state index in [0.29, 0.717) is 23.4 Å².